The number of benzene rings is 2. The molecule has 0 amide bonds. The van der Waals surface area contributed by atoms with Crippen LogP contribution in [0.1, 0.15) is 31.5 Å². The van der Waals surface area contributed by atoms with Crippen LogP contribution in [0.25, 0.3) is 27.2 Å². The second-order valence-corrected chi connectivity index (χ2v) is 8.08. The van der Waals surface area contributed by atoms with Gasteiger partial charge in [-0.2, -0.15) is 0 Å². The van der Waals surface area contributed by atoms with E-state index in [1.165, 1.54) is 55.2 Å². The minimum absolute atomic E-state index is 0.0599. The van der Waals surface area contributed by atoms with Crippen LogP contribution in [-0.4, -0.2) is 16.7 Å². The Hall–Kier alpha value is -3.53. The van der Waals surface area contributed by atoms with E-state index >= 15 is 0 Å². The van der Waals surface area contributed by atoms with Crippen molar-refractivity contribution in [3.05, 3.63) is 75.6 Å². The van der Waals surface area contributed by atoms with Crippen LogP contribution in [0.4, 0.5) is 14.5 Å². The van der Waals surface area contributed by atoms with Crippen molar-refractivity contribution in [1.29, 1.82) is 0 Å². The van der Waals surface area contributed by atoms with Crippen molar-refractivity contribution < 1.29 is 13.5 Å². The van der Waals surface area contributed by atoms with Gasteiger partial charge in [-0.1, -0.05) is 37.5 Å². The van der Waals surface area contributed by atoms with Gasteiger partial charge >= 0.3 is 0 Å². The highest BCUT2D eigenvalue weighted by atomic mass is 19.1. The molecular formula is C25H23F2N3O2. The molecule has 0 atom stereocenters. The molecule has 5 nitrogen and oxygen atoms in total. The van der Waals surface area contributed by atoms with E-state index in [1.807, 2.05) is 0 Å². The fraction of sp³-hybridized carbons (Fsp3) is 0.320. The first-order chi connectivity index (χ1) is 15.4. The molecule has 1 fully saturated rings. The monoisotopic (exact) mass is 435 g/mol. The van der Waals surface area contributed by atoms with Crippen LogP contribution >= 0.6 is 0 Å². The van der Waals surface area contributed by atoms with Crippen molar-refractivity contribution in [2.24, 2.45) is 13.0 Å². The smallest absolute Gasteiger partial charge is 0.261 e. The molecule has 1 aliphatic rings. The van der Waals surface area contributed by atoms with Gasteiger partial charge in [-0.05, 0) is 36.1 Å². The van der Waals surface area contributed by atoms with Gasteiger partial charge in [-0.15, -0.1) is 0 Å². The third-order valence-corrected chi connectivity index (χ3v) is 6.17. The molecule has 0 radical (unpaired) electrons. The van der Waals surface area contributed by atoms with Gasteiger partial charge in [0.15, 0.2) is 11.6 Å². The van der Waals surface area contributed by atoms with Crippen LogP contribution in [0.15, 0.2) is 41.2 Å². The fourth-order valence-electron chi connectivity index (χ4n) is 4.02. The third-order valence-electron chi connectivity index (χ3n) is 6.17. The van der Waals surface area contributed by atoms with E-state index in [9.17, 15) is 13.6 Å². The number of halogens is 2. The summed E-state index contributed by atoms with van der Waals surface area (Å²) in [6.07, 6.45) is 5.17. The summed E-state index contributed by atoms with van der Waals surface area (Å²) in [7, 11) is 3.02. The highest BCUT2D eigenvalue weighted by molar-refractivity contribution is 5.81. The van der Waals surface area contributed by atoms with Crippen LogP contribution in [0.3, 0.4) is 0 Å². The van der Waals surface area contributed by atoms with Crippen molar-refractivity contribution in [2.75, 3.05) is 7.11 Å². The van der Waals surface area contributed by atoms with E-state index in [2.05, 4.69) is 4.85 Å². The van der Waals surface area contributed by atoms with Gasteiger partial charge in [-0.25, -0.2) is 18.6 Å². The number of methoxy groups -OCH3 is 1. The maximum atomic E-state index is 14.5. The summed E-state index contributed by atoms with van der Waals surface area (Å²) in [4.78, 5) is 21.3. The second kappa shape index (κ2) is 8.91. The number of hydrogen-bond donors (Lipinski definition) is 0. The van der Waals surface area contributed by atoms with Gasteiger partial charge < -0.3 is 4.74 Å². The zero-order valence-electron chi connectivity index (χ0n) is 18.0. The Morgan fingerprint density at radius 3 is 2.47 bits per heavy atom. The summed E-state index contributed by atoms with van der Waals surface area (Å²) in [5, 5.41) is 0. The number of hydrogen-bond acceptors (Lipinski definition) is 3. The maximum Gasteiger partial charge on any atom is 0.261 e. The summed E-state index contributed by atoms with van der Waals surface area (Å²) < 4.78 is 35.3. The Kier molecular flexibility index (Phi) is 6.04. The van der Waals surface area contributed by atoms with Gasteiger partial charge in [-0.3, -0.25) is 9.36 Å². The van der Waals surface area contributed by atoms with E-state index in [0.29, 0.717) is 29.3 Å². The molecule has 0 saturated heterocycles. The largest absolute Gasteiger partial charge is 0.494 e. The van der Waals surface area contributed by atoms with Gasteiger partial charge in [0.1, 0.15) is 11.6 Å². The molecular weight excluding hydrogens is 412 g/mol. The van der Waals surface area contributed by atoms with E-state index in [0.717, 1.165) is 6.42 Å². The van der Waals surface area contributed by atoms with Crippen molar-refractivity contribution in [1.82, 2.24) is 9.55 Å². The summed E-state index contributed by atoms with van der Waals surface area (Å²) in [5.41, 5.74) is 0.695. The molecule has 0 unspecified atom stereocenters. The molecule has 1 saturated carbocycles. The molecule has 4 rings (SSSR count). The van der Waals surface area contributed by atoms with E-state index in [1.54, 1.807) is 19.2 Å². The highest BCUT2D eigenvalue weighted by Crippen LogP contribution is 2.34. The summed E-state index contributed by atoms with van der Waals surface area (Å²) in [6, 6.07) is 8.39. The number of nitrogens with zero attached hydrogens (tertiary/aromatic N) is 3. The first-order valence-corrected chi connectivity index (χ1v) is 10.5. The highest BCUT2D eigenvalue weighted by Gasteiger charge is 2.22. The molecule has 0 aliphatic heterocycles. The average Bonchev–Trinajstić information content (AvgIpc) is 2.75. The molecule has 1 aromatic heterocycles. The molecule has 0 spiro atoms. The Bertz CT molecular complexity index is 1270. The first-order valence-electron chi connectivity index (χ1n) is 10.5. The fourth-order valence-corrected chi connectivity index (χ4v) is 4.02. The number of ether oxygens (including phenoxy) is 1. The van der Waals surface area contributed by atoms with Crippen molar-refractivity contribution in [3.8, 4) is 28.1 Å². The van der Waals surface area contributed by atoms with E-state index in [4.69, 9.17) is 16.3 Å². The maximum absolute atomic E-state index is 14.5. The third kappa shape index (κ3) is 4.01. The molecule has 164 valence electrons. The van der Waals surface area contributed by atoms with Crippen molar-refractivity contribution in [2.45, 2.75) is 32.1 Å². The normalized spacial score (nSPS) is 13.5. The van der Waals surface area contributed by atoms with Crippen LogP contribution in [0, 0.1) is 24.1 Å². The predicted molar refractivity (Wildman–Crippen MR) is 119 cm³/mol. The molecule has 2 aromatic carbocycles. The summed E-state index contributed by atoms with van der Waals surface area (Å²) >= 11 is 0. The van der Waals surface area contributed by atoms with E-state index < -0.39 is 11.6 Å². The molecule has 0 N–H and O–H groups in total. The second-order valence-electron chi connectivity index (χ2n) is 8.08. The van der Waals surface area contributed by atoms with Gasteiger partial charge in [0.25, 0.3) is 5.56 Å². The van der Waals surface area contributed by atoms with E-state index in [-0.39, 0.29) is 28.3 Å². The Balaban J connectivity index is 1.90. The molecule has 32 heavy (non-hydrogen) atoms. The standard InChI is InChI=1S/C25H23F2N3O2/c1-28-20-10-8-17(14-18(20)26)24-23(16-9-11-21(32-3)19(27)13-16)25(31)30(2)22(29-24)12-7-15-5-4-6-15/h8-11,13-15H,4-7,12H2,2-3H3. The van der Waals surface area contributed by atoms with Crippen molar-refractivity contribution in [3.63, 3.8) is 0 Å². The Morgan fingerprint density at radius 2 is 1.88 bits per heavy atom. The zero-order valence-corrected chi connectivity index (χ0v) is 18.0. The number of aromatic nitrogens is 2. The number of aryl methyl sites for hydroxylation is 1. The quantitative estimate of drug-likeness (QED) is 0.468. The topological polar surface area (TPSA) is 48.5 Å². The Labute approximate surface area is 185 Å². The SMILES string of the molecule is [C-]#[N+]c1ccc(-c2nc(CCC3CCC3)n(C)c(=O)c2-c2ccc(OC)c(F)c2)cc1F. The predicted octanol–water partition coefficient (Wildman–Crippen LogP) is 5.68. The van der Waals surface area contributed by atoms with Crippen molar-refractivity contribution >= 4 is 5.69 Å². The molecule has 7 heteroatoms. The molecule has 1 heterocycles. The summed E-state index contributed by atoms with van der Waals surface area (Å²) in [5.74, 6) is -0.000450. The van der Waals surface area contributed by atoms with Crippen LogP contribution < -0.4 is 10.3 Å². The molecule has 3 aromatic rings. The van der Waals surface area contributed by atoms with Gasteiger partial charge in [0.05, 0.1) is 24.9 Å². The van der Waals surface area contributed by atoms with Crippen LogP contribution in [0.5, 0.6) is 5.75 Å². The minimum atomic E-state index is -0.692. The first kappa shape index (κ1) is 21.7. The lowest BCUT2D eigenvalue weighted by atomic mass is 9.82. The lowest BCUT2D eigenvalue weighted by Crippen LogP contribution is -2.26. The minimum Gasteiger partial charge on any atom is -0.494 e. The summed E-state index contributed by atoms with van der Waals surface area (Å²) in [6.45, 7) is 7.08. The van der Waals surface area contributed by atoms with Crippen LogP contribution in [0.2, 0.25) is 0 Å². The van der Waals surface area contributed by atoms with Gasteiger partial charge in [0.2, 0.25) is 5.69 Å². The lowest BCUT2D eigenvalue weighted by molar-refractivity contribution is 0.293. The van der Waals surface area contributed by atoms with Crippen LogP contribution in [-0.2, 0) is 13.5 Å². The number of rotatable bonds is 6. The van der Waals surface area contributed by atoms with Gasteiger partial charge in [0, 0.05) is 19.0 Å². The lowest BCUT2D eigenvalue weighted by Gasteiger charge is -2.25. The zero-order chi connectivity index (χ0) is 22.8. The molecule has 1 aliphatic carbocycles. The Morgan fingerprint density at radius 1 is 1.16 bits per heavy atom. The average molecular weight is 435 g/mol. The molecule has 0 bridgehead atoms.